The van der Waals surface area contributed by atoms with Crippen LogP contribution in [0.2, 0.25) is 0 Å². The van der Waals surface area contributed by atoms with Crippen molar-refractivity contribution in [2.45, 2.75) is 12.8 Å². The Kier molecular flexibility index (Phi) is 4.52. The van der Waals surface area contributed by atoms with E-state index in [-0.39, 0.29) is 23.1 Å². The standard InChI is InChI=1S/C14H17N3O4/c1-15-14(19)10-3-2-6-16(8-10)12-4-5-13(17(20)21)11(7-12)9-18/h4-5,7,9-10H,2-3,6,8H2,1H3,(H,15,19). The van der Waals surface area contributed by atoms with Gasteiger partial charge >= 0.3 is 0 Å². The van der Waals surface area contributed by atoms with Gasteiger partial charge in [0.15, 0.2) is 6.29 Å². The van der Waals surface area contributed by atoms with Gasteiger partial charge in [-0.25, -0.2) is 0 Å². The number of carbonyl (C=O) groups is 2. The zero-order valence-electron chi connectivity index (χ0n) is 11.7. The summed E-state index contributed by atoms with van der Waals surface area (Å²) in [6.45, 7) is 1.32. The number of nitrogens with one attached hydrogen (secondary N) is 1. The molecule has 0 saturated carbocycles. The number of nitrogens with zero attached hydrogens (tertiary/aromatic N) is 2. The molecule has 0 spiro atoms. The summed E-state index contributed by atoms with van der Waals surface area (Å²) in [6, 6.07) is 4.47. The number of rotatable bonds is 4. The van der Waals surface area contributed by atoms with Crippen molar-refractivity contribution in [1.82, 2.24) is 5.32 Å². The number of amides is 1. The molecule has 1 N–H and O–H groups in total. The van der Waals surface area contributed by atoms with Gasteiger partial charge in [0, 0.05) is 31.9 Å². The number of anilines is 1. The van der Waals surface area contributed by atoms with Crippen LogP contribution >= 0.6 is 0 Å². The van der Waals surface area contributed by atoms with Gasteiger partial charge in [0.2, 0.25) is 5.91 Å². The number of nitro benzene ring substituents is 1. The highest BCUT2D eigenvalue weighted by atomic mass is 16.6. The van der Waals surface area contributed by atoms with Crippen LogP contribution < -0.4 is 10.2 Å². The van der Waals surface area contributed by atoms with E-state index in [1.165, 1.54) is 12.1 Å². The Morgan fingerprint density at radius 1 is 1.52 bits per heavy atom. The molecule has 112 valence electrons. The van der Waals surface area contributed by atoms with Crippen LogP contribution in [0.15, 0.2) is 18.2 Å². The first-order valence-electron chi connectivity index (χ1n) is 6.77. The molecule has 0 radical (unpaired) electrons. The van der Waals surface area contributed by atoms with E-state index in [9.17, 15) is 19.7 Å². The normalized spacial score (nSPS) is 18.1. The molecule has 7 nitrogen and oxygen atoms in total. The molecule has 1 aromatic rings. The van der Waals surface area contributed by atoms with Gasteiger partial charge in [-0.2, -0.15) is 0 Å². The Bertz CT molecular complexity index is 573. The van der Waals surface area contributed by atoms with Crippen LogP contribution in [0.3, 0.4) is 0 Å². The second-order valence-electron chi connectivity index (χ2n) is 5.02. The average molecular weight is 291 g/mol. The maximum atomic E-state index is 11.7. The molecule has 1 aromatic carbocycles. The largest absolute Gasteiger partial charge is 0.371 e. The van der Waals surface area contributed by atoms with Gasteiger partial charge in [-0.05, 0) is 25.0 Å². The Hall–Kier alpha value is -2.44. The third kappa shape index (κ3) is 3.18. The van der Waals surface area contributed by atoms with Crippen molar-refractivity contribution in [3.63, 3.8) is 0 Å². The molecule has 1 atom stereocenters. The van der Waals surface area contributed by atoms with Gasteiger partial charge in [0.25, 0.3) is 5.69 Å². The highest BCUT2D eigenvalue weighted by Crippen LogP contribution is 2.27. The summed E-state index contributed by atoms with van der Waals surface area (Å²) in [4.78, 5) is 35.0. The fraction of sp³-hybridized carbons (Fsp3) is 0.429. The van der Waals surface area contributed by atoms with Crippen LogP contribution in [0.1, 0.15) is 23.2 Å². The maximum Gasteiger partial charge on any atom is 0.280 e. The van der Waals surface area contributed by atoms with Crippen molar-refractivity contribution >= 4 is 23.6 Å². The molecule has 1 aliphatic rings. The number of hydrogen-bond acceptors (Lipinski definition) is 5. The van der Waals surface area contributed by atoms with Crippen LogP contribution in [0, 0.1) is 16.0 Å². The Morgan fingerprint density at radius 3 is 2.90 bits per heavy atom. The number of hydrogen-bond donors (Lipinski definition) is 1. The highest BCUT2D eigenvalue weighted by molar-refractivity contribution is 5.84. The van der Waals surface area contributed by atoms with E-state index < -0.39 is 4.92 Å². The predicted octanol–water partition coefficient (Wildman–Crippen LogP) is 1.37. The van der Waals surface area contributed by atoms with Crippen LogP contribution in [0.5, 0.6) is 0 Å². The Labute approximate surface area is 122 Å². The Balaban J connectivity index is 2.23. The first-order valence-corrected chi connectivity index (χ1v) is 6.77. The molecule has 0 aliphatic carbocycles. The number of piperidine rings is 1. The fourth-order valence-corrected chi connectivity index (χ4v) is 2.63. The van der Waals surface area contributed by atoms with E-state index in [1.54, 1.807) is 13.1 Å². The van der Waals surface area contributed by atoms with Gasteiger partial charge in [-0.3, -0.25) is 19.7 Å². The fourth-order valence-electron chi connectivity index (χ4n) is 2.63. The molecule has 0 aromatic heterocycles. The molecule has 21 heavy (non-hydrogen) atoms. The molecule has 1 saturated heterocycles. The second kappa shape index (κ2) is 6.34. The summed E-state index contributed by atoms with van der Waals surface area (Å²) in [5.41, 5.74) is 0.587. The lowest BCUT2D eigenvalue weighted by molar-refractivity contribution is -0.385. The summed E-state index contributed by atoms with van der Waals surface area (Å²) in [6.07, 6.45) is 2.18. The number of benzene rings is 1. The molecule has 0 bridgehead atoms. The monoisotopic (exact) mass is 291 g/mol. The third-order valence-electron chi connectivity index (χ3n) is 3.74. The van der Waals surface area contributed by atoms with Crippen molar-refractivity contribution in [3.8, 4) is 0 Å². The van der Waals surface area contributed by atoms with E-state index in [1.807, 2.05) is 4.90 Å². The van der Waals surface area contributed by atoms with E-state index >= 15 is 0 Å². The average Bonchev–Trinajstić information content (AvgIpc) is 2.53. The number of carbonyl (C=O) groups excluding carboxylic acids is 2. The molecule has 1 amide bonds. The molecule has 1 aliphatic heterocycles. The van der Waals surface area contributed by atoms with Gasteiger partial charge < -0.3 is 10.2 Å². The molecule has 1 heterocycles. The lowest BCUT2D eigenvalue weighted by Gasteiger charge is -2.33. The highest BCUT2D eigenvalue weighted by Gasteiger charge is 2.26. The zero-order valence-corrected chi connectivity index (χ0v) is 11.7. The van der Waals surface area contributed by atoms with Crippen molar-refractivity contribution < 1.29 is 14.5 Å². The van der Waals surface area contributed by atoms with E-state index in [4.69, 9.17) is 0 Å². The molecular weight excluding hydrogens is 274 g/mol. The summed E-state index contributed by atoms with van der Waals surface area (Å²) < 4.78 is 0. The van der Waals surface area contributed by atoms with Crippen molar-refractivity contribution in [3.05, 3.63) is 33.9 Å². The van der Waals surface area contributed by atoms with E-state index in [0.29, 0.717) is 12.8 Å². The van der Waals surface area contributed by atoms with Crippen LogP contribution in [0.25, 0.3) is 0 Å². The van der Waals surface area contributed by atoms with Crippen LogP contribution in [0.4, 0.5) is 11.4 Å². The number of nitro groups is 1. The third-order valence-corrected chi connectivity index (χ3v) is 3.74. The van der Waals surface area contributed by atoms with Gasteiger partial charge in [-0.1, -0.05) is 0 Å². The van der Waals surface area contributed by atoms with E-state index in [0.717, 1.165) is 25.1 Å². The predicted molar refractivity (Wildman–Crippen MR) is 77.5 cm³/mol. The topological polar surface area (TPSA) is 92.6 Å². The maximum absolute atomic E-state index is 11.7. The minimum Gasteiger partial charge on any atom is -0.371 e. The minimum atomic E-state index is -0.572. The molecule has 7 heteroatoms. The molecule has 2 rings (SSSR count). The van der Waals surface area contributed by atoms with Gasteiger partial charge in [0.1, 0.15) is 0 Å². The summed E-state index contributed by atoms with van der Waals surface area (Å²) in [7, 11) is 1.61. The summed E-state index contributed by atoms with van der Waals surface area (Å²) in [5, 5.41) is 13.5. The quantitative estimate of drug-likeness (QED) is 0.514. The van der Waals surface area contributed by atoms with E-state index in [2.05, 4.69) is 5.32 Å². The lowest BCUT2D eigenvalue weighted by atomic mass is 9.96. The van der Waals surface area contributed by atoms with Crippen LogP contribution in [-0.2, 0) is 4.79 Å². The zero-order chi connectivity index (χ0) is 15.4. The van der Waals surface area contributed by atoms with Crippen molar-refractivity contribution in [2.75, 3.05) is 25.0 Å². The van der Waals surface area contributed by atoms with Crippen LogP contribution in [-0.4, -0.2) is 37.3 Å². The first-order chi connectivity index (χ1) is 10.1. The SMILES string of the molecule is CNC(=O)C1CCCN(c2ccc([N+](=O)[O-])c(C=O)c2)C1. The van der Waals surface area contributed by atoms with Gasteiger partial charge in [0.05, 0.1) is 16.4 Å². The molecular formula is C14H17N3O4. The summed E-state index contributed by atoms with van der Waals surface area (Å²) >= 11 is 0. The number of aldehydes is 1. The lowest BCUT2D eigenvalue weighted by Crippen LogP contribution is -2.42. The first kappa shape index (κ1) is 15.0. The second-order valence-corrected chi connectivity index (χ2v) is 5.02. The van der Waals surface area contributed by atoms with Gasteiger partial charge in [-0.15, -0.1) is 0 Å². The molecule has 1 unspecified atom stereocenters. The minimum absolute atomic E-state index is 0.00257. The Morgan fingerprint density at radius 2 is 2.29 bits per heavy atom. The smallest absolute Gasteiger partial charge is 0.280 e. The molecule has 1 fully saturated rings. The summed E-state index contributed by atoms with van der Waals surface area (Å²) in [5.74, 6) is -0.101. The van der Waals surface area contributed by atoms with Crippen molar-refractivity contribution in [1.29, 1.82) is 0 Å². The van der Waals surface area contributed by atoms with Crippen molar-refractivity contribution in [2.24, 2.45) is 5.92 Å².